The van der Waals surface area contributed by atoms with Crippen LogP contribution >= 0.6 is 23.8 Å². The zero-order valence-corrected chi connectivity index (χ0v) is 21.5. The molecule has 5 nitrogen and oxygen atoms in total. The number of carbonyl (C=O) groups is 1. The number of hydrogen-bond acceptors (Lipinski definition) is 2. The Labute approximate surface area is 166 Å². The number of aromatic amines is 1. The van der Waals surface area contributed by atoms with Crippen molar-refractivity contribution in [2.45, 2.75) is 12.5 Å². The van der Waals surface area contributed by atoms with Crippen LogP contribution in [0.2, 0.25) is 0 Å². The number of carboxylic acids is 1. The first-order valence-electron chi connectivity index (χ1n) is 7.14. The van der Waals surface area contributed by atoms with Crippen LogP contribution in [0.4, 0.5) is 0 Å². The summed E-state index contributed by atoms with van der Waals surface area (Å²) in [7, 11) is 1.14. The minimum absolute atomic E-state index is 0. The van der Waals surface area contributed by atoms with E-state index < -0.39 is 12.0 Å². The van der Waals surface area contributed by atoms with Crippen molar-refractivity contribution in [3.63, 3.8) is 0 Å². The van der Waals surface area contributed by atoms with Gasteiger partial charge in [-0.25, -0.2) is 4.98 Å². The number of hydrogen-bond donors (Lipinski definition) is 2. The Morgan fingerprint density at radius 1 is 1.08 bits per heavy atom. The number of aliphatic carboxylic acids is 1. The van der Waals surface area contributed by atoms with Gasteiger partial charge in [0, 0.05) is 32.0 Å². The maximum Gasteiger partial charge on any atom is 0.285 e. The summed E-state index contributed by atoms with van der Waals surface area (Å²) in [6.07, 6.45) is 3.16. The fourth-order valence-electron chi connectivity index (χ4n) is 0.704. The van der Waals surface area contributed by atoms with Crippen molar-refractivity contribution < 1.29 is 30.0 Å². The smallest absolute Gasteiger partial charge is 0.285 e. The van der Waals surface area contributed by atoms with Crippen LogP contribution < -0.4 is 0 Å². The Morgan fingerprint density at radius 3 is 1.62 bits per heavy atom. The molecule has 24 heavy (non-hydrogen) atoms. The van der Waals surface area contributed by atoms with Gasteiger partial charge in [-0.2, -0.15) is 0 Å². The van der Waals surface area contributed by atoms with Crippen molar-refractivity contribution >= 4 is 29.7 Å². The van der Waals surface area contributed by atoms with Gasteiger partial charge in [-0.3, -0.25) is 4.79 Å². The third-order valence-electron chi connectivity index (χ3n) is 1.28. The molecule has 1 heterocycles. The summed E-state index contributed by atoms with van der Waals surface area (Å²) in [4.78, 5) is 16.6. The molecule has 1 unspecified atom stereocenters. The molecule has 0 spiro atoms. The molecule has 147 valence electrons. The fourth-order valence-corrected chi connectivity index (χ4v) is 0.704. The minimum Gasteiger partial charge on any atom is -0.665 e. The molecular weight excluding hydrogens is 539 g/mol. The molecule has 0 amide bonds. The molecule has 1 radical (unpaired) electrons. The molecule has 0 saturated carbocycles. The van der Waals surface area contributed by atoms with Gasteiger partial charge in [0.1, 0.15) is 0 Å². The van der Waals surface area contributed by atoms with Gasteiger partial charge in [0.25, 0.3) is 5.97 Å². The Bertz CT molecular complexity index is 342. The summed E-state index contributed by atoms with van der Waals surface area (Å²) in [5.41, 5.74) is 7.73. The van der Waals surface area contributed by atoms with Crippen LogP contribution in [0, 0.1) is 0 Å². The summed E-state index contributed by atoms with van der Waals surface area (Å²) < 4.78 is 0. The summed E-state index contributed by atoms with van der Waals surface area (Å²) in [5, 5.41) is 8.36. The maximum atomic E-state index is 10.2. The average molecular weight is 575 g/mol. The molecule has 0 aliphatic heterocycles. The molecule has 3 N–H and O–H groups in total. The van der Waals surface area contributed by atoms with Crippen molar-refractivity contribution in [3.05, 3.63) is 24.0 Å². The van der Waals surface area contributed by atoms with Crippen LogP contribution in [0.1, 0.15) is 5.69 Å². The van der Waals surface area contributed by atoms with E-state index in [0.29, 0.717) is 29.5 Å². The Kier molecular flexibility index (Phi) is 29.1. The minimum atomic E-state index is -1.11. The molecule has 0 saturated heterocycles. The number of H-pyrrole nitrogens is 1. The summed E-state index contributed by atoms with van der Waals surface area (Å²) in [6.45, 7) is 20.1. The van der Waals surface area contributed by atoms with Crippen LogP contribution in [0.15, 0.2) is 12.5 Å². The van der Waals surface area contributed by atoms with Gasteiger partial charge in [-0.1, -0.05) is 0 Å². The molecule has 0 fully saturated rings. The largest absolute Gasteiger partial charge is 0.665 e. The van der Waals surface area contributed by atoms with Gasteiger partial charge in [0.2, 0.25) is 0 Å². The molecule has 1 atom stereocenters. The van der Waals surface area contributed by atoms with Gasteiger partial charge in [-0.05, 0) is 72.4 Å². The molecule has 1 rings (SSSR count). The Balaban J connectivity index is -0.000000130. The molecular formula is C15H35IrN3O2P3-. The first-order valence-corrected chi connectivity index (χ1v) is 15.2. The van der Waals surface area contributed by atoms with Gasteiger partial charge < -0.3 is 15.8 Å². The number of nitrogens with zero attached hydrogens (tertiary/aromatic N) is 1. The molecule has 9 heteroatoms. The second-order valence-corrected chi connectivity index (χ2v) is 14.2. The fraction of sp³-hybridized carbons (Fsp3) is 0.733. The van der Waals surface area contributed by atoms with Crippen molar-refractivity contribution in [2.24, 2.45) is 0 Å². The molecule has 0 aliphatic carbocycles. The van der Waals surface area contributed by atoms with Gasteiger partial charge in [-0.15, -0.1) is 23.8 Å². The van der Waals surface area contributed by atoms with Crippen LogP contribution in [0.3, 0.4) is 0 Å². The number of rotatable bonds is 3. The zero-order valence-electron chi connectivity index (χ0n) is 16.4. The molecule has 0 aromatic carbocycles. The third kappa shape index (κ3) is 43.3. The quantitative estimate of drug-likeness (QED) is 0.520. The monoisotopic (exact) mass is 575 g/mol. The van der Waals surface area contributed by atoms with Crippen molar-refractivity contribution in [2.75, 3.05) is 60.0 Å². The summed E-state index contributed by atoms with van der Waals surface area (Å²) in [5.74, 6) is -1.11. The number of nitrogens with one attached hydrogen (secondary N) is 2. The van der Waals surface area contributed by atoms with E-state index in [9.17, 15) is 4.79 Å². The normalized spacial score (nSPS) is 10.4. The number of imidazole rings is 1. The Hall–Kier alpha value is 0.579. The first kappa shape index (κ1) is 32.3. The predicted octanol–water partition coefficient (Wildman–Crippen LogP) is 4.53. The van der Waals surface area contributed by atoms with E-state index in [-0.39, 0.29) is 26.5 Å². The third-order valence-corrected chi connectivity index (χ3v) is 1.28. The molecule has 1 aromatic heterocycles. The van der Waals surface area contributed by atoms with E-state index in [1.54, 1.807) is 0 Å². The van der Waals surface area contributed by atoms with E-state index in [4.69, 9.17) is 10.8 Å². The van der Waals surface area contributed by atoms with Crippen LogP contribution in [-0.4, -0.2) is 87.1 Å². The standard InChI is InChI=1S/C6H8N3O2.3C3H9P.Ir/c7-5(6(10)11)1-4-2-8-3-9-4;3*1-4(2)3;/h2-3,5,7H,1H2,(H,8,9)(H,10,11);3*1-3H3;/q-1;;;;. The topological polar surface area (TPSA) is 89.8 Å². The van der Waals surface area contributed by atoms with Gasteiger partial charge >= 0.3 is 0 Å². The van der Waals surface area contributed by atoms with E-state index >= 15 is 0 Å². The van der Waals surface area contributed by atoms with E-state index in [2.05, 4.69) is 70.0 Å². The van der Waals surface area contributed by atoms with Crippen LogP contribution in [0.5, 0.6) is 0 Å². The van der Waals surface area contributed by atoms with E-state index in [1.807, 2.05) is 0 Å². The van der Waals surface area contributed by atoms with Crippen molar-refractivity contribution in [1.29, 1.82) is 0 Å². The number of carboxylic acid groups (broad SMARTS) is 1. The molecule has 1 aromatic rings. The average Bonchev–Trinajstić information content (AvgIpc) is 2.79. The van der Waals surface area contributed by atoms with Crippen molar-refractivity contribution in [1.82, 2.24) is 9.97 Å². The Morgan fingerprint density at radius 2 is 1.42 bits per heavy atom. The van der Waals surface area contributed by atoms with E-state index in [0.717, 1.165) is 0 Å². The summed E-state index contributed by atoms with van der Waals surface area (Å²) in [6, 6.07) is -1.10. The first-order chi connectivity index (χ1) is 10.4. The predicted molar refractivity (Wildman–Crippen MR) is 112 cm³/mol. The van der Waals surface area contributed by atoms with Gasteiger partial charge in [0.05, 0.1) is 6.33 Å². The SMILES string of the molecule is CP(C)C.CP(C)C.CP(C)C.[Ir].[NH-]C(Cc1cnc[nH]1)C(=O)O. The summed E-state index contributed by atoms with van der Waals surface area (Å²) >= 11 is 0. The van der Waals surface area contributed by atoms with Crippen LogP contribution in [-0.2, 0) is 31.3 Å². The van der Waals surface area contributed by atoms with E-state index in [1.165, 1.54) is 12.5 Å². The maximum absolute atomic E-state index is 10.2. The molecule has 0 aliphatic rings. The second kappa shape index (κ2) is 21.6. The number of aromatic nitrogens is 2. The molecule has 0 bridgehead atoms. The second-order valence-electron chi connectivity index (χ2n) is 6.20. The van der Waals surface area contributed by atoms with Crippen molar-refractivity contribution in [3.8, 4) is 0 Å². The van der Waals surface area contributed by atoms with Gasteiger partial charge in [0.15, 0.2) is 0 Å². The zero-order chi connectivity index (χ0) is 19.0. The van der Waals surface area contributed by atoms with Crippen LogP contribution in [0.25, 0.3) is 5.73 Å².